The SMILES string of the molecule is COC(=O)c1cc(OCc2ccc([N+](=O)[O-])cc2)cc(C(=O)OC)c1. The number of carbonyl (C=O) groups is 2. The summed E-state index contributed by atoms with van der Waals surface area (Å²) in [7, 11) is 2.45. The second-order valence-electron chi connectivity index (χ2n) is 4.94. The average Bonchev–Trinajstić information content (AvgIpc) is 2.65. The highest BCUT2D eigenvalue weighted by Crippen LogP contribution is 2.21. The monoisotopic (exact) mass is 345 g/mol. The predicted octanol–water partition coefficient (Wildman–Crippen LogP) is 2.75. The molecule has 130 valence electrons. The van der Waals surface area contributed by atoms with Crippen LogP contribution < -0.4 is 4.74 Å². The Kier molecular flexibility index (Phi) is 5.67. The third kappa shape index (κ3) is 4.54. The lowest BCUT2D eigenvalue weighted by molar-refractivity contribution is -0.384. The fraction of sp³-hybridized carbons (Fsp3) is 0.176. The van der Waals surface area contributed by atoms with Gasteiger partial charge in [0.05, 0.1) is 30.3 Å². The molecule has 2 aromatic rings. The zero-order chi connectivity index (χ0) is 18.4. The number of nitrogens with zero attached hydrogens (tertiary/aromatic N) is 1. The number of rotatable bonds is 6. The molecule has 0 N–H and O–H groups in total. The fourth-order valence-electron chi connectivity index (χ4n) is 2.03. The maximum atomic E-state index is 11.7. The number of methoxy groups -OCH3 is 2. The molecule has 0 unspecified atom stereocenters. The quantitative estimate of drug-likeness (QED) is 0.450. The van der Waals surface area contributed by atoms with Crippen molar-refractivity contribution in [2.24, 2.45) is 0 Å². The Morgan fingerprint density at radius 1 is 0.960 bits per heavy atom. The summed E-state index contributed by atoms with van der Waals surface area (Å²) in [6.07, 6.45) is 0. The number of esters is 2. The zero-order valence-corrected chi connectivity index (χ0v) is 13.6. The maximum absolute atomic E-state index is 11.7. The van der Waals surface area contributed by atoms with E-state index in [1.54, 1.807) is 12.1 Å². The number of benzene rings is 2. The average molecular weight is 345 g/mol. The molecular weight excluding hydrogens is 330 g/mol. The Morgan fingerprint density at radius 2 is 1.48 bits per heavy atom. The van der Waals surface area contributed by atoms with Gasteiger partial charge in [0.15, 0.2) is 0 Å². The molecule has 0 aromatic heterocycles. The molecule has 0 saturated carbocycles. The highest BCUT2D eigenvalue weighted by molar-refractivity contribution is 5.96. The van der Waals surface area contributed by atoms with Gasteiger partial charge in [-0.3, -0.25) is 10.1 Å². The van der Waals surface area contributed by atoms with Crippen molar-refractivity contribution in [2.75, 3.05) is 14.2 Å². The van der Waals surface area contributed by atoms with E-state index in [0.717, 1.165) is 0 Å². The summed E-state index contributed by atoms with van der Waals surface area (Å²) < 4.78 is 14.9. The zero-order valence-electron chi connectivity index (χ0n) is 13.6. The van der Waals surface area contributed by atoms with E-state index in [-0.39, 0.29) is 29.2 Å². The second kappa shape index (κ2) is 7.91. The van der Waals surface area contributed by atoms with E-state index >= 15 is 0 Å². The third-order valence-electron chi connectivity index (χ3n) is 3.30. The van der Waals surface area contributed by atoms with Crippen LogP contribution in [0, 0.1) is 10.1 Å². The van der Waals surface area contributed by atoms with Crippen molar-refractivity contribution < 1.29 is 28.7 Å². The minimum Gasteiger partial charge on any atom is -0.489 e. The molecular formula is C17H15NO7. The van der Waals surface area contributed by atoms with E-state index in [2.05, 4.69) is 9.47 Å². The van der Waals surface area contributed by atoms with Gasteiger partial charge in [-0.05, 0) is 35.9 Å². The van der Waals surface area contributed by atoms with Crippen LogP contribution in [0.1, 0.15) is 26.3 Å². The molecule has 0 saturated heterocycles. The van der Waals surface area contributed by atoms with Gasteiger partial charge in [-0.2, -0.15) is 0 Å². The first-order valence-corrected chi connectivity index (χ1v) is 7.12. The molecule has 25 heavy (non-hydrogen) atoms. The molecule has 2 aromatic carbocycles. The lowest BCUT2D eigenvalue weighted by atomic mass is 10.1. The molecule has 2 rings (SSSR count). The van der Waals surface area contributed by atoms with Crippen molar-refractivity contribution in [2.45, 2.75) is 6.61 Å². The van der Waals surface area contributed by atoms with Gasteiger partial charge in [-0.15, -0.1) is 0 Å². The van der Waals surface area contributed by atoms with Crippen LogP contribution in [0.25, 0.3) is 0 Å². The molecule has 0 radical (unpaired) electrons. The first kappa shape index (κ1) is 17.9. The Bertz CT molecular complexity index is 765. The van der Waals surface area contributed by atoms with E-state index in [0.29, 0.717) is 5.56 Å². The summed E-state index contributed by atoms with van der Waals surface area (Å²) in [5.41, 5.74) is 0.950. The van der Waals surface area contributed by atoms with Crippen LogP contribution in [0.5, 0.6) is 5.75 Å². The van der Waals surface area contributed by atoms with Crippen molar-refractivity contribution in [3.05, 3.63) is 69.3 Å². The van der Waals surface area contributed by atoms with Crippen molar-refractivity contribution in [1.82, 2.24) is 0 Å². The Morgan fingerprint density at radius 3 is 1.92 bits per heavy atom. The second-order valence-corrected chi connectivity index (χ2v) is 4.94. The summed E-state index contributed by atoms with van der Waals surface area (Å²) in [4.78, 5) is 33.6. The standard InChI is InChI=1S/C17H15NO7/c1-23-16(19)12-7-13(17(20)24-2)9-15(8-12)25-10-11-3-5-14(6-4-11)18(21)22/h3-9H,10H2,1-2H3. The fourth-order valence-corrected chi connectivity index (χ4v) is 2.03. The molecule has 0 aliphatic carbocycles. The number of hydrogen-bond acceptors (Lipinski definition) is 7. The minimum atomic E-state index is -0.620. The van der Waals surface area contributed by atoms with Crippen LogP contribution in [-0.4, -0.2) is 31.1 Å². The highest BCUT2D eigenvalue weighted by atomic mass is 16.6. The topological polar surface area (TPSA) is 105 Å². The van der Waals surface area contributed by atoms with E-state index < -0.39 is 16.9 Å². The molecule has 0 amide bonds. The summed E-state index contributed by atoms with van der Waals surface area (Å²) >= 11 is 0. The summed E-state index contributed by atoms with van der Waals surface area (Å²) in [6.45, 7) is 0.100. The van der Waals surface area contributed by atoms with Crippen LogP contribution >= 0.6 is 0 Å². The number of nitro benzene ring substituents is 1. The first-order chi connectivity index (χ1) is 11.9. The van der Waals surface area contributed by atoms with E-state index in [1.165, 1.54) is 44.6 Å². The molecule has 0 fully saturated rings. The van der Waals surface area contributed by atoms with Gasteiger partial charge in [0, 0.05) is 12.1 Å². The van der Waals surface area contributed by atoms with Gasteiger partial charge in [-0.1, -0.05) is 0 Å². The van der Waals surface area contributed by atoms with Crippen molar-refractivity contribution in [3.63, 3.8) is 0 Å². The number of carbonyl (C=O) groups excluding carboxylic acids is 2. The molecule has 0 atom stereocenters. The molecule has 0 heterocycles. The van der Waals surface area contributed by atoms with Crippen molar-refractivity contribution in [3.8, 4) is 5.75 Å². The van der Waals surface area contributed by atoms with Gasteiger partial charge in [0.1, 0.15) is 12.4 Å². The van der Waals surface area contributed by atoms with Crippen molar-refractivity contribution >= 4 is 17.6 Å². The lowest BCUT2D eigenvalue weighted by Gasteiger charge is -2.10. The van der Waals surface area contributed by atoms with Crippen LogP contribution in [-0.2, 0) is 16.1 Å². The summed E-state index contributed by atoms with van der Waals surface area (Å²) in [5.74, 6) is -0.974. The normalized spacial score (nSPS) is 10.0. The molecule has 0 bridgehead atoms. The molecule has 8 heteroatoms. The van der Waals surface area contributed by atoms with Crippen LogP contribution in [0.3, 0.4) is 0 Å². The number of hydrogen-bond donors (Lipinski definition) is 0. The van der Waals surface area contributed by atoms with Crippen LogP contribution in [0.2, 0.25) is 0 Å². The lowest BCUT2D eigenvalue weighted by Crippen LogP contribution is -2.07. The third-order valence-corrected chi connectivity index (χ3v) is 3.30. The minimum absolute atomic E-state index is 0.0237. The van der Waals surface area contributed by atoms with Crippen molar-refractivity contribution in [1.29, 1.82) is 0 Å². The molecule has 0 aliphatic heterocycles. The van der Waals surface area contributed by atoms with E-state index in [1.807, 2.05) is 0 Å². The van der Waals surface area contributed by atoms with Gasteiger partial charge < -0.3 is 14.2 Å². The van der Waals surface area contributed by atoms with E-state index in [9.17, 15) is 19.7 Å². The van der Waals surface area contributed by atoms with Crippen LogP contribution in [0.4, 0.5) is 5.69 Å². The summed E-state index contributed by atoms with van der Waals surface area (Å²) in [5, 5.41) is 10.6. The first-order valence-electron chi connectivity index (χ1n) is 7.12. The summed E-state index contributed by atoms with van der Waals surface area (Å²) in [6, 6.07) is 10.1. The van der Waals surface area contributed by atoms with Gasteiger partial charge in [0.25, 0.3) is 5.69 Å². The van der Waals surface area contributed by atoms with Gasteiger partial charge >= 0.3 is 11.9 Å². The maximum Gasteiger partial charge on any atom is 0.338 e. The molecule has 8 nitrogen and oxygen atoms in total. The van der Waals surface area contributed by atoms with Crippen LogP contribution in [0.15, 0.2) is 42.5 Å². The van der Waals surface area contributed by atoms with E-state index in [4.69, 9.17) is 4.74 Å². The highest BCUT2D eigenvalue weighted by Gasteiger charge is 2.14. The molecule has 0 aliphatic rings. The smallest absolute Gasteiger partial charge is 0.338 e. The van der Waals surface area contributed by atoms with Gasteiger partial charge in [-0.25, -0.2) is 9.59 Å². The number of ether oxygens (including phenoxy) is 3. The molecule has 0 spiro atoms. The number of non-ortho nitro benzene ring substituents is 1. The Labute approximate surface area is 143 Å². The largest absolute Gasteiger partial charge is 0.489 e. The predicted molar refractivity (Wildman–Crippen MR) is 86.5 cm³/mol. The van der Waals surface area contributed by atoms with Gasteiger partial charge in [0.2, 0.25) is 0 Å². The Balaban J connectivity index is 2.21. The Hall–Kier alpha value is -3.42. The number of nitro groups is 1.